The Hall–Kier alpha value is -0.970. The van der Waals surface area contributed by atoms with Crippen molar-refractivity contribution in [3.8, 4) is 0 Å². The average molecular weight is 261 g/mol. The third kappa shape index (κ3) is 2.49. The van der Waals surface area contributed by atoms with Gasteiger partial charge < -0.3 is 9.94 Å². The van der Waals surface area contributed by atoms with E-state index in [-0.39, 0.29) is 23.3 Å². The Balaban J connectivity index is 2.10. The van der Waals surface area contributed by atoms with E-state index in [0.29, 0.717) is 5.92 Å². The number of nitrogens with zero attached hydrogens (tertiary/aromatic N) is 2. The number of fused-ring (bicyclic) bond motifs is 1. The highest BCUT2D eigenvalue weighted by atomic mass is 35.5. The lowest BCUT2D eigenvalue weighted by Crippen LogP contribution is -2.44. The van der Waals surface area contributed by atoms with Crippen LogP contribution in [0.3, 0.4) is 0 Å². The normalized spacial score (nSPS) is 32.4. The Morgan fingerprint density at radius 3 is 2.65 bits per heavy atom. The fraction of sp³-hybridized carbons (Fsp3) is 0.818. The van der Waals surface area contributed by atoms with Gasteiger partial charge in [0, 0.05) is 6.04 Å². The van der Waals surface area contributed by atoms with Crippen LogP contribution in [0.1, 0.15) is 33.6 Å². The van der Waals surface area contributed by atoms with Crippen molar-refractivity contribution in [3.63, 3.8) is 0 Å². The summed E-state index contributed by atoms with van der Waals surface area (Å²) < 4.78 is 5.34. The van der Waals surface area contributed by atoms with Crippen LogP contribution >= 0.6 is 11.6 Å². The van der Waals surface area contributed by atoms with E-state index in [4.69, 9.17) is 21.5 Å². The minimum absolute atomic E-state index is 0.0584. The molecular weight excluding hydrogens is 244 g/mol. The first kappa shape index (κ1) is 12.5. The molecule has 1 aliphatic carbocycles. The molecule has 1 saturated carbocycles. The molecule has 0 spiro atoms. The number of ether oxygens (including phenoxy) is 1. The molecule has 2 aliphatic rings. The molecule has 0 aromatic heterocycles. The van der Waals surface area contributed by atoms with E-state index in [0.717, 1.165) is 12.8 Å². The average Bonchev–Trinajstić information content (AvgIpc) is 2.85. The molecule has 96 valence electrons. The summed E-state index contributed by atoms with van der Waals surface area (Å²) in [5.41, 5.74) is -0.530. The topological polar surface area (TPSA) is 62.1 Å². The van der Waals surface area contributed by atoms with Crippen molar-refractivity contribution < 1.29 is 14.7 Å². The van der Waals surface area contributed by atoms with Gasteiger partial charge in [0.1, 0.15) is 5.60 Å². The first-order valence-corrected chi connectivity index (χ1v) is 6.10. The van der Waals surface area contributed by atoms with E-state index in [9.17, 15) is 4.79 Å². The van der Waals surface area contributed by atoms with Gasteiger partial charge >= 0.3 is 6.09 Å². The summed E-state index contributed by atoms with van der Waals surface area (Å²) >= 11 is 5.82. The van der Waals surface area contributed by atoms with Crippen LogP contribution < -0.4 is 0 Å². The van der Waals surface area contributed by atoms with Crippen molar-refractivity contribution in [2.24, 2.45) is 11.1 Å². The van der Waals surface area contributed by atoms with Crippen molar-refractivity contribution in [2.75, 3.05) is 0 Å². The zero-order valence-corrected chi connectivity index (χ0v) is 10.9. The maximum atomic E-state index is 12.0. The van der Waals surface area contributed by atoms with Crippen LogP contribution in [0.25, 0.3) is 0 Å². The summed E-state index contributed by atoms with van der Waals surface area (Å²) in [5.74, 6) is 0.475. The lowest BCUT2D eigenvalue weighted by atomic mass is 10.2. The second-order valence-electron chi connectivity index (χ2n) is 5.62. The van der Waals surface area contributed by atoms with Gasteiger partial charge in [-0.3, -0.25) is 4.90 Å². The number of hydrogen-bond acceptors (Lipinski definition) is 4. The quantitative estimate of drug-likeness (QED) is 0.447. The maximum Gasteiger partial charge on any atom is 0.411 e. The molecule has 0 radical (unpaired) electrons. The van der Waals surface area contributed by atoms with E-state index < -0.39 is 5.60 Å². The van der Waals surface area contributed by atoms with Crippen LogP contribution in [0.4, 0.5) is 4.79 Å². The van der Waals surface area contributed by atoms with Gasteiger partial charge in [-0.25, -0.2) is 4.79 Å². The van der Waals surface area contributed by atoms with Crippen LogP contribution in [-0.2, 0) is 4.74 Å². The Morgan fingerprint density at radius 1 is 1.47 bits per heavy atom. The van der Waals surface area contributed by atoms with Crippen molar-refractivity contribution in [2.45, 2.75) is 51.3 Å². The number of likely N-dealkylation sites (tertiary alicyclic amines) is 1. The summed E-state index contributed by atoms with van der Waals surface area (Å²) in [6.45, 7) is 5.46. The number of halogens is 1. The van der Waals surface area contributed by atoms with E-state index in [1.807, 2.05) is 20.8 Å². The minimum atomic E-state index is -0.530. The van der Waals surface area contributed by atoms with Crippen molar-refractivity contribution in [3.05, 3.63) is 0 Å². The van der Waals surface area contributed by atoms with E-state index in [2.05, 4.69) is 5.16 Å². The number of piperidine rings is 1. The third-order valence-corrected chi connectivity index (χ3v) is 3.41. The van der Waals surface area contributed by atoms with Crippen LogP contribution in [-0.4, -0.2) is 39.1 Å². The monoisotopic (exact) mass is 260 g/mol. The molecule has 3 unspecified atom stereocenters. The van der Waals surface area contributed by atoms with Gasteiger partial charge in [0.05, 0.1) is 6.04 Å². The molecule has 1 amide bonds. The summed E-state index contributed by atoms with van der Waals surface area (Å²) in [6, 6.07) is -0.134. The van der Waals surface area contributed by atoms with E-state index >= 15 is 0 Å². The highest BCUT2D eigenvalue weighted by Crippen LogP contribution is 2.48. The molecule has 1 saturated heterocycles. The second kappa shape index (κ2) is 4.05. The predicted octanol–water partition coefficient (Wildman–Crippen LogP) is 2.41. The van der Waals surface area contributed by atoms with Crippen molar-refractivity contribution >= 4 is 22.9 Å². The standard InChI is InChI=1S/C11H17ClN2O3/c1-11(2,3)17-10(15)14-7-4-6(7)5-8(14)9(12)13-16/h6-8,16H,4-5H2,1-3H3/b13-9-. The number of rotatable bonds is 1. The predicted molar refractivity (Wildman–Crippen MR) is 63.4 cm³/mol. The van der Waals surface area contributed by atoms with Crippen LogP contribution in [0, 0.1) is 5.92 Å². The smallest absolute Gasteiger partial charge is 0.411 e. The summed E-state index contributed by atoms with van der Waals surface area (Å²) in [4.78, 5) is 13.6. The molecule has 2 rings (SSSR count). The Bertz CT molecular complexity index is 364. The Morgan fingerprint density at radius 2 is 2.12 bits per heavy atom. The SMILES string of the molecule is CC(C)(C)OC(=O)N1C(/C(Cl)=N/O)CC2CC21. The molecule has 1 heterocycles. The molecule has 0 aromatic rings. The zero-order valence-electron chi connectivity index (χ0n) is 10.2. The molecule has 17 heavy (non-hydrogen) atoms. The van der Waals surface area contributed by atoms with Gasteiger partial charge in [0.25, 0.3) is 0 Å². The lowest BCUT2D eigenvalue weighted by molar-refractivity contribution is 0.0231. The molecule has 3 atom stereocenters. The molecule has 1 N–H and O–H groups in total. The highest BCUT2D eigenvalue weighted by molar-refractivity contribution is 6.66. The molecule has 1 aliphatic heterocycles. The molecular formula is C11H17ClN2O3. The van der Waals surface area contributed by atoms with Crippen LogP contribution in [0.5, 0.6) is 0 Å². The molecule has 0 bridgehead atoms. The van der Waals surface area contributed by atoms with Gasteiger partial charge in [-0.15, -0.1) is 0 Å². The summed E-state index contributed by atoms with van der Waals surface area (Å²) in [5, 5.41) is 11.8. The molecule has 0 aromatic carbocycles. The summed E-state index contributed by atoms with van der Waals surface area (Å²) in [6.07, 6.45) is 1.37. The zero-order chi connectivity index (χ0) is 12.8. The minimum Gasteiger partial charge on any atom is -0.444 e. The second-order valence-corrected chi connectivity index (χ2v) is 6.01. The molecule has 5 nitrogen and oxygen atoms in total. The number of carbonyl (C=O) groups is 1. The fourth-order valence-electron chi connectivity index (χ4n) is 2.31. The van der Waals surface area contributed by atoms with E-state index in [1.165, 1.54) is 0 Å². The number of hydrogen-bond donors (Lipinski definition) is 1. The van der Waals surface area contributed by atoms with Gasteiger partial charge in [0.2, 0.25) is 0 Å². The summed E-state index contributed by atoms with van der Waals surface area (Å²) in [7, 11) is 0. The fourth-order valence-corrected chi connectivity index (χ4v) is 2.51. The number of carbonyl (C=O) groups excluding carboxylic acids is 1. The van der Waals surface area contributed by atoms with Gasteiger partial charge in [-0.1, -0.05) is 16.8 Å². The van der Waals surface area contributed by atoms with Crippen LogP contribution in [0.15, 0.2) is 5.16 Å². The van der Waals surface area contributed by atoms with E-state index in [1.54, 1.807) is 4.90 Å². The number of oxime groups is 1. The van der Waals surface area contributed by atoms with Gasteiger partial charge in [0.15, 0.2) is 5.17 Å². The third-order valence-electron chi connectivity index (χ3n) is 3.08. The maximum absolute atomic E-state index is 12.0. The van der Waals surface area contributed by atoms with Gasteiger partial charge in [-0.2, -0.15) is 0 Å². The first-order valence-electron chi connectivity index (χ1n) is 5.72. The van der Waals surface area contributed by atoms with Crippen LogP contribution in [0.2, 0.25) is 0 Å². The first-order chi connectivity index (χ1) is 7.83. The molecule has 2 fully saturated rings. The molecule has 6 heteroatoms. The highest BCUT2D eigenvalue weighted by Gasteiger charge is 2.56. The van der Waals surface area contributed by atoms with Crippen molar-refractivity contribution in [1.29, 1.82) is 0 Å². The van der Waals surface area contributed by atoms with Gasteiger partial charge in [-0.05, 0) is 39.5 Å². The van der Waals surface area contributed by atoms with Crippen molar-refractivity contribution in [1.82, 2.24) is 4.90 Å². The Labute approximate surface area is 105 Å². The Kier molecular flexibility index (Phi) is 2.97. The number of amides is 1. The lowest BCUT2D eigenvalue weighted by Gasteiger charge is -2.29. The largest absolute Gasteiger partial charge is 0.444 e.